The summed E-state index contributed by atoms with van der Waals surface area (Å²) >= 11 is 5.20. The first-order valence-corrected chi connectivity index (χ1v) is 6.47. The standard InChI is InChI=1S/C11H9BrN2S/c12-9-3-1-8(2-4-9)10-7-14-5-6-15-11(14)13-10/h1-6,11H,7H2/t11-/m1/s1. The molecular weight excluding hydrogens is 272 g/mol. The molecule has 15 heavy (non-hydrogen) atoms. The molecule has 76 valence electrons. The summed E-state index contributed by atoms with van der Waals surface area (Å²) in [6.45, 7) is 0.926. The zero-order chi connectivity index (χ0) is 10.3. The summed E-state index contributed by atoms with van der Waals surface area (Å²) in [6.07, 6.45) is 2.12. The van der Waals surface area contributed by atoms with Crippen LogP contribution in [0.4, 0.5) is 0 Å². The minimum Gasteiger partial charge on any atom is -0.341 e. The fourth-order valence-corrected chi connectivity index (χ4v) is 2.85. The van der Waals surface area contributed by atoms with E-state index in [4.69, 9.17) is 0 Å². The molecule has 0 aromatic heterocycles. The van der Waals surface area contributed by atoms with Crippen LogP contribution >= 0.6 is 27.7 Å². The van der Waals surface area contributed by atoms with Crippen LogP contribution in [0.3, 0.4) is 0 Å². The van der Waals surface area contributed by atoms with Crippen molar-refractivity contribution in [2.24, 2.45) is 4.99 Å². The van der Waals surface area contributed by atoms with Crippen LogP contribution in [0.2, 0.25) is 0 Å². The van der Waals surface area contributed by atoms with Crippen molar-refractivity contribution in [2.45, 2.75) is 5.50 Å². The maximum absolute atomic E-state index is 4.68. The molecule has 0 amide bonds. The van der Waals surface area contributed by atoms with Gasteiger partial charge in [-0.25, -0.2) is 0 Å². The number of hydrogen-bond acceptors (Lipinski definition) is 3. The first kappa shape index (κ1) is 9.48. The predicted octanol–water partition coefficient (Wildman–Crippen LogP) is 3.06. The van der Waals surface area contributed by atoms with Gasteiger partial charge in [0.2, 0.25) is 0 Å². The van der Waals surface area contributed by atoms with E-state index in [1.165, 1.54) is 11.3 Å². The molecule has 1 atom stereocenters. The molecule has 0 saturated heterocycles. The Balaban J connectivity index is 1.87. The molecule has 0 aliphatic carbocycles. The van der Waals surface area contributed by atoms with Crippen LogP contribution in [0.1, 0.15) is 5.56 Å². The molecule has 2 nitrogen and oxygen atoms in total. The monoisotopic (exact) mass is 280 g/mol. The molecule has 0 N–H and O–H groups in total. The number of benzene rings is 1. The van der Waals surface area contributed by atoms with Crippen molar-refractivity contribution >= 4 is 33.4 Å². The second kappa shape index (κ2) is 3.68. The highest BCUT2D eigenvalue weighted by Crippen LogP contribution is 2.31. The number of hydrogen-bond donors (Lipinski definition) is 0. The van der Waals surface area contributed by atoms with Gasteiger partial charge in [0.1, 0.15) is 0 Å². The van der Waals surface area contributed by atoms with Gasteiger partial charge in [0, 0.05) is 10.7 Å². The van der Waals surface area contributed by atoms with E-state index in [2.05, 4.69) is 61.7 Å². The summed E-state index contributed by atoms with van der Waals surface area (Å²) in [5, 5.41) is 2.10. The lowest BCUT2D eigenvalue weighted by Gasteiger charge is -2.11. The Labute approximate surface area is 101 Å². The van der Waals surface area contributed by atoms with Crippen LogP contribution in [0.15, 0.2) is 45.3 Å². The fourth-order valence-electron chi connectivity index (χ4n) is 1.73. The van der Waals surface area contributed by atoms with Gasteiger partial charge in [-0.2, -0.15) is 0 Å². The van der Waals surface area contributed by atoms with Gasteiger partial charge in [0.15, 0.2) is 5.50 Å². The molecule has 0 unspecified atom stereocenters. The Morgan fingerprint density at radius 1 is 1.33 bits per heavy atom. The molecule has 1 aromatic rings. The van der Waals surface area contributed by atoms with Crippen LogP contribution in [0.25, 0.3) is 0 Å². The Kier molecular flexibility index (Phi) is 2.33. The lowest BCUT2D eigenvalue weighted by Crippen LogP contribution is -2.19. The SMILES string of the molecule is Brc1ccc(C2=N[C@H]3SC=CN3C2)cc1. The molecule has 3 rings (SSSR count). The highest BCUT2D eigenvalue weighted by Gasteiger charge is 2.27. The summed E-state index contributed by atoms with van der Waals surface area (Å²) in [5.74, 6) is 0. The molecule has 0 bridgehead atoms. The number of fused-ring (bicyclic) bond motifs is 1. The highest BCUT2D eigenvalue weighted by atomic mass is 79.9. The van der Waals surface area contributed by atoms with Crippen molar-refractivity contribution < 1.29 is 0 Å². The van der Waals surface area contributed by atoms with Gasteiger partial charge in [-0.15, -0.1) is 0 Å². The Hall–Kier alpha value is -0.740. The smallest absolute Gasteiger partial charge is 0.173 e. The summed E-state index contributed by atoms with van der Waals surface area (Å²) in [4.78, 5) is 6.93. The number of halogens is 1. The van der Waals surface area contributed by atoms with Crippen LogP contribution < -0.4 is 0 Å². The zero-order valence-corrected chi connectivity index (χ0v) is 10.3. The van der Waals surface area contributed by atoms with Crippen LogP contribution in [-0.2, 0) is 0 Å². The zero-order valence-electron chi connectivity index (χ0n) is 7.93. The summed E-state index contributed by atoms with van der Waals surface area (Å²) in [5.41, 5.74) is 2.69. The highest BCUT2D eigenvalue weighted by molar-refractivity contribution is 9.10. The quantitative estimate of drug-likeness (QED) is 0.786. The third-order valence-electron chi connectivity index (χ3n) is 2.51. The van der Waals surface area contributed by atoms with Gasteiger partial charge >= 0.3 is 0 Å². The number of rotatable bonds is 1. The van der Waals surface area contributed by atoms with Gasteiger partial charge in [0.25, 0.3) is 0 Å². The van der Waals surface area contributed by atoms with Crippen molar-refractivity contribution in [3.63, 3.8) is 0 Å². The molecule has 2 aliphatic rings. The number of nitrogens with zero attached hydrogens (tertiary/aromatic N) is 2. The third kappa shape index (κ3) is 1.72. The summed E-state index contributed by atoms with van der Waals surface area (Å²) < 4.78 is 1.11. The van der Waals surface area contributed by atoms with Gasteiger partial charge in [-0.3, -0.25) is 4.99 Å². The van der Waals surface area contributed by atoms with E-state index in [1.807, 2.05) is 0 Å². The van der Waals surface area contributed by atoms with Crippen LogP contribution in [0.5, 0.6) is 0 Å². The maximum Gasteiger partial charge on any atom is 0.173 e. The molecule has 0 fully saturated rings. The molecule has 0 radical (unpaired) electrons. The van der Waals surface area contributed by atoms with E-state index < -0.39 is 0 Å². The molecule has 0 spiro atoms. The van der Waals surface area contributed by atoms with Gasteiger partial charge in [-0.05, 0) is 23.1 Å². The molecule has 0 saturated carbocycles. The van der Waals surface area contributed by atoms with Gasteiger partial charge in [0.05, 0.1) is 12.3 Å². The predicted molar refractivity (Wildman–Crippen MR) is 67.9 cm³/mol. The Morgan fingerprint density at radius 2 is 2.13 bits per heavy atom. The van der Waals surface area contributed by atoms with Crippen molar-refractivity contribution in [1.82, 2.24) is 4.90 Å². The van der Waals surface area contributed by atoms with E-state index in [0.717, 1.165) is 11.0 Å². The van der Waals surface area contributed by atoms with Crippen LogP contribution in [-0.4, -0.2) is 22.7 Å². The summed E-state index contributed by atoms with van der Waals surface area (Å²) in [7, 11) is 0. The van der Waals surface area contributed by atoms with E-state index in [0.29, 0.717) is 0 Å². The van der Waals surface area contributed by atoms with Crippen molar-refractivity contribution in [3.8, 4) is 0 Å². The maximum atomic E-state index is 4.68. The van der Waals surface area contributed by atoms with E-state index in [9.17, 15) is 0 Å². The first-order chi connectivity index (χ1) is 7.33. The minimum atomic E-state index is 0.281. The second-order valence-electron chi connectivity index (χ2n) is 3.50. The summed E-state index contributed by atoms with van der Waals surface area (Å²) in [6, 6.07) is 8.34. The van der Waals surface area contributed by atoms with Crippen molar-refractivity contribution in [3.05, 3.63) is 45.9 Å². The minimum absolute atomic E-state index is 0.281. The topological polar surface area (TPSA) is 15.6 Å². The average Bonchev–Trinajstić information content (AvgIpc) is 2.78. The lowest BCUT2D eigenvalue weighted by atomic mass is 10.1. The van der Waals surface area contributed by atoms with Crippen LogP contribution in [0, 0.1) is 0 Å². The molecule has 2 heterocycles. The average molecular weight is 281 g/mol. The Bertz CT molecular complexity index is 438. The largest absolute Gasteiger partial charge is 0.341 e. The van der Waals surface area contributed by atoms with Gasteiger partial charge < -0.3 is 4.90 Å². The second-order valence-corrected chi connectivity index (χ2v) is 5.38. The van der Waals surface area contributed by atoms with Crippen molar-refractivity contribution in [2.75, 3.05) is 6.54 Å². The van der Waals surface area contributed by atoms with E-state index in [1.54, 1.807) is 11.8 Å². The molecule has 2 aliphatic heterocycles. The molecule has 4 heteroatoms. The Morgan fingerprint density at radius 3 is 2.87 bits per heavy atom. The fraction of sp³-hybridized carbons (Fsp3) is 0.182. The lowest BCUT2D eigenvalue weighted by molar-refractivity contribution is 0.448. The van der Waals surface area contributed by atoms with E-state index in [-0.39, 0.29) is 5.50 Å². The van der Waals surface area contributed by atoms with Crippen molar-refractivity contribution in [1.29, 1.82) is 0 Å². The van der Waals surface area contributed by atoms with Gasteiger partial charge in [-0.1, -0.05) is 39.8 Å². The molecule has 1 aromatic carbocycles. The number of thioether (sulfide) groups is 1. The third-order valence-corrected chi connectivity index (χ3v) is 3.94. The number of aliphatic imine (C=N–C) groups is 1. The normalized spacial score (nSPS) is 23.1. The molecular formula is C11H9BrN2S. The van der Waals surface area contributed by atoms with E-state index >= 15 is 0 Å². The first-order valence-electron chi connectivity index (χ1n) is 4.73.